The lowest BCUT2D eigenvalue weighted by atomic mass is 10.1. The van der Waals surface area contributed by atoms with Gasteiger partial charge in [-0.15, -0.1) is 0 Å². The number of ether oxygens (including phenoxy) is 2. The van der Waals surface area contributed by atoms with Crippen molar-refractivity contribution in [1.29, 1.82) is 0 Å². The first-order chi connectivity index (χ1) is 9.88. The summed E-state index contributed by atoms with van der Waals surface area (Å²) < 4.78 is 10.7. The molecule has 1 atom stereocenters. The fourth-order valence-corrected chi connectivity index (χ4v) is 1.89. The number of amides is 1. The molecule has 5 nitrogen and oxygen atoms in total. The molecule has 0 aliphatic rings. The van der Waals surface area contributed by atoms with E-state index in [1.54, 1.807) is 12.1 Å². The van der Waals surface area contributed by atoms with E-state index >= 15 is 0 Å². The summed E-state index contributed by atoms with van der Waals surface area (Å²) in [4.78, 5) is 11.8. The Morgan fingerprint density at radius 2 is 2.05 bits per heavy atom. The van der Waals surface area contributed by atoms with E-state index in [1.807, 2.05) is 20.8 Å². The minimum atomic E-state index is -0.254. The van der Waals surface area contributed by atoms with Crippen molar-refractivity contribution in [2.24, 2.45) is 5.92 Å². The number of nitrogens with one attached hydrogen (secondary N) is 1. The van der Waals surface area contributed by atoms with Crippen molar-refractivity contribution in [2.75, 3.05) is 13.7 Å². The van der Waals surface area contributed by atoms with Crippen LogP contribution in [0.1, 0.15) is 26.3 Å². The van der Waals surface area contributed by atoms with Gasteiger partial charge in [0.25, 0.3) is 5.91 Å². The second kappa shape index (κ2) is 8.10. The third kappa shape index (κ3) is 5.10. The molecular formula is C15H22ClNO4. The number of aliphatic hydroxyl groups is 1. The first-order valence-electron chi connectivity index (χ1n) is 6.78. The van der Waals surface area contributed by atoms with Crippen molar-refractivity contribution in [3.05, 3.63) is 22.7 Å². The number of halogens is 1. The summed E-state index contributed by atoms with van der Waals surface area (Å²) in [6.07, 6.45) is 0. The van der Waals surface area contributed by atoms with Crippen molar-refractivity contribution in [3.63, 3.8) is 0 Å². The minimum Gasteiger partial charge on any atom is -0.493 e. The van der Waals surface area contributed by atoms with Crippen molar-refractivity contribution < 1.29 is 19.4 Å². The van der Waals surface area contributed by atoms with Crippen LogP contribution < -0.4 is 14.8 Å². The topological polar surface area (TPSA) is 67.8 Å². The van der Waals surface area contributed by atoms with Gasteiger partial charge in [-0.1, -0.05) is 25.4 Å². The van der Waals surface area contributed by atoms with Gasteiger partial charge < -0.3 is 19.9 Å². The first kappa shape index (κ1) is 17.6. The molecule has 0 saturated carbocycles. The largest absolute Gasteiger partial charge is 0.493 e. The second-order valence-electron chi connectivity index (χ2n) is 5.14. The summed E-state index contributed by atoms with van der Waals surface area (Å²) in [7, 11) is 1.47. The van der Waals surface area contributed by atoms with E-state index in [1.165, 1.54) is 7.11 Å². The second-order valence-corrected chi connectivity index (χ2v) is 5.58. The molecule has 0 bridgehead atoms. The Hall–Kier alpha value is -1.46. The van der Waals surface area contributed by atoms with E-state index in [2.05, 4.69) is 5.32 Å². The zero-order chi connectivity index (χ0) is 16.0. The molecule has 0 fully saturated rings. The number of methoxy groups -OCH3 is 1. The van der Waals surface area contributed by atoms with E-state index < -0.39 is 0 Å². The van der Waals surface area contributed by atoms with E-state index in [9.17, 15) is 9.90 Å². The van der Waals surface area contributed by atoms with Crippen LogP contribution in [0, 0.1) is 5.92 Å². The van der Waals surface area contributed by atoms with Gasteiger partial charge >= 0.3 is 0 Å². The zero-order valence-corrected chi connectivity index (χ0v) is 13.5. The Morgan fingerprint density at radius 3 is 2.57 bits per heavy atom. The molecule has 0 aliphatic heterocycles. The lowest BCUT2D eigenvalue weighted by Gasteiger charge is -2.18. The number of aliphatic hydroxyl groups excluding tert-OH is 1. The summed E-state index contributed by atoms with van der Waals surface area (Å²) in [6.45, 7) is 5.58. The summed E-state index contributed by atoms with van der Waals surface area (Å²) in [5, 5.41) is 12.6. The SMILES string of the molecule is COc1cc(Cl)cc(CO)c1OCC(=O)NC(C)C(C)C. The van der Waals surface area contributed by atoms with Crippen molar-refractivity contribution in [2.45, 2.75) is 33.4 Å². The predicted octanol–water partition coefficient (Wildman–Crippen LogP) is 2.38. The lowest BCUT2D eigenvalue weighted by Crippen LogP contribution is -2.39. The zero-order valence-electron chi connectivity index (χ0n) is 12.8. The highest BCUT2D eigenvalue weighted by Gasteiger charge is 2.15. The standard InChI is InChI=1S/C15H22ClNO4/c1-9(2)10(3)17-14(19)8-21-15-11(7-18)5-12(16)6-13(15)20-4/h5-6,9-10,18H,7-8H2,1-4H3,(H,17,19). The highest BCUT2D eigenvalue weighted by atomic mass is 35.5. The molecule has 118 valence electrons. The number of benzene rings is 1. The molecule has 0 aliphatic carbocycles. The molecule has 2 N–H and O–H groups in total. The number of hydrogen-bond acceptors (Lipinski definition) is 4. The first-order valence-corrected chi connectivity index (χ1v) is 7.16. The van der Waals surface area contributed by atoms with E-state index in [0.29, 0.717) is 28.0 Å². The van der Waals surface area contributed by atoms with Gasteiger partial charge in [0.05, 0.1) is 13.7 Å². The lowest BCUT2D eigenvalue weighted by molar-refractivity contribution is -0.124. The summed E-state index contributed by atoms with van der Waals surface area (Å²) in [5.74, 6) is 0.831. The normalized spacial score (nSPS) is 12.1. The van der Waals surface area contributed by atoms with Crippen molar-refractivity contribution >= 4 is 17.5 Å². The molecule has 0 saturated heterocycles. The van der Waals surface area contributed by atoms with Crippen molar-refractivity contribution in [3.8, 4) is 11.5 Å². The number of rotatable bonds is 7. The van der Waals surface area contributed by atoms with Crippen LogP contribution in [-0.4, -0.2) is 30.8 Å². The molecular weight excluding hydrogens is 294 g/mol. The third-order valence-corrected chi connectivity index (χ3v) is 3.44. The van der Waals surface area contributed by atoms with E-state index in [4.69, 9.17) is 21.1 Å². The number of carbonyl (C=O) groups excluding carboxylic acids is 1. The van der Waals surface area contributed by atoms with Gasteiger partial charge in [0.15, 0.2) is 18.1 Å². The monoisotopic (exact) mass is 315 g/mol. The molecule has 1 rings (SSSR count). The predicted molar refractivity (Wildman–Crippen MR) is 81.9 cm³/mol. The van der Waals surface area contributed by atoms with Gasteiger partial charge in [-0.05, 0) is 18.9 Å². The molecule has 1 aromatic rings. The van der Waals surface area contributed by atoms with Crippen LogP contribution in [0.25, 0.3) is 0 Å². The highest BCUT2D eigenvalue weighted by Crippen LogP contribution is 2.34. The molecule has 0 heterocycles. The van der Waals surface area contributed by atoms with Gasteiger partial charge in [0.2, 0.25) is 0 Å². The van der Waals surface area contributed by atoms with Crippen LogP contribution in [0.3, 0.4) is 0 Å². The molecule has 6 heteroatoms. The molecule has 1 unspecified atom stereocenters. The van der Waals surface area contributed by atoms with Crippen LogP contribution in [0.4, 0.5) is 0 Å². The van der Waals surface area contributed by atoms with Crippen LogP contribution in [-0.2, 0) is 11.4 Å². The van der Waals surface area contributed by atoms with Crippen LogP contribution in [0.5, 0.6) is 11.5 Å². The average molecular weight is 316 g/mol. The average Bonchev–Trinajstić information content (AvgIpc) is 2.44. The van der Waals surface area contributed by atoms with Gasteiger partial charge in [-0.3, -0.25) is 4.79 Å². The van der Waals surface area contributed by atoms with Gasteiger partial charge in [0, 0.05) is 22.7 Å². The number of carbonyl (C=O) groups is 1. The van der Waals surface area contributed by atoms with Crippen LogP contribution in [0.15, 0.2) is 12.1 Å². The Balaban J connectivity index is 2.77. The number of hydrogen-bond donors (Lipinski definition) is 2. The van der Waals surface area contributed by atoms with Crippen molar-refractivity contribution in [1.82, 2.24) is 5.32 Å². The third-order valence-electron chi connectivity index (χ3n) is 3.22. The quantitative estimate of drug-likeness (QED) is 0.810. The molecule has 1 aromatic carbocycles. The molecule has 0 spiro atoms. The summed E-state index contributed by atoms with van der Waals surface area (Å²) in [5.41, 5.74) is 0.476. The Morgan fingerprint density at radius 1 is 1.38 bits per heavy atom. The summed E-state index contributed by atoms with van der Waals surface area (Å²) >= 11 is 5.92. The molecule has 0 aromatic heterocycles. The Labute approximate surface area is 130 Å². The van der Waals surface area contributed by atoms with Gasteiger partial charge in [-0.25, -0.2) is 0 Å². The molecule has 0 radical (unpaired) electrons. The van der Waals surface area contributed by atoms with Gasteiger partial charge in [0.1, 0.15) is 0 Å². The van der Waals surface area contributed by atoms with E-state index in [-0.39, 0.29) is 25.2 Å². The Kier molecular flexibility index (Phi) is 6.78. The van der Waals surface area contributed by atoms with Crippen LogP contribution >= 0.6 is 11.6 Å². The highest BCUT2D eigenvalue weighted by molar-refractivity contribution is 6.30. The molecule has 21 heavy (non-hydrogen) atoms. The minimum absolute atomic E-state index is 0.0607. The van der Waals surface area contributed by atoms with E-state index in [0.717, 1.165) is 0 Å². The maximum Gasteiger partial charge on any atom is 0.258 e. The Bertz CT molecular complexity index is 466. The van der Waals surface area contributed by atoms with Gasteiger partial charge in [-0.2, -0.15) is 0 Å². The fourth-order valence-electron chi connectivity index (χ4n) is 1.66. The maximum absolute atomic E-state index is 11.8. The molecule has 1 amide bonds. The fraction of sp³-hybridized carbons (Fsp3) is 0.533. The summed E-state index contributed by atoms with van der Waals surface area (Å²) in [6, 6.07) is 3.21. The smallest absolute Gasteiger partial charge is 0.258 e. The van der Waals surface area contributed by atoms with Crippen LogP contribution in [0.2, 0.25) is 5.02 Å². The maximum atomic E-state index is 11.8.